The van der Waals surface area contributed by atoms with Crippen LogP contribution in [0.4, 0.5) is 0 Å². The fourth-order valence-electron chi connectivity index (χ4n) is 3.13. The first-order chi connectivity index (χ1) is 9.55. The fraction of sp³-hybridized carbons (Fsp3) is 0.647. The fourth-order valence-corrected chi connectivity index (χ4v) is 3.13. The quantitative estimate of drug-likeness (QED) is 0.895. The molecule has 1 aliphatic rings. The van der Waals surface area contributed by atoms with Crippen molar-refractivity contribution in [3.8, 4) is 5.75 Å². The molecule has 1 aliphatic heterocycles. The van der Waals surface area contributed by atoms with E-state index in [9.17, 15) is 0 Å². The molecule has 1 fully saturated rings. The van der Waals surface area contributed by atoms with Crippen LogP contribution in [0.1, 0.15) is 31.0 Å². The van der Waals surface area contributed by atoms with Gasteiger partial charge in [-0.05, 0) is 31.9 Å². The van der Waals surface area contributed by atoms with Crippen molar-refractivity contribution < 1.29 is 4.74 Å². The average molecular weight is 276 g/mol. The van der Waals surface area contributed by atoms with Crippen LogP contribution in [0.2, 0.25) is 0 Å². The Hall–Kier alpha value is -1.06. The zero-order valence-electron chi connectivity index (χ0n) is 13.4. The van der Waals surface area contributed by atoms with Gasteiger partial charge in [-0.2, -0.15) is 0 Å². The Morgan fingerprint density at radius 2 is 1.95 bits per heavy atom. The minimum Gasteiger partial charge on any atom is -0.496 e. The summed E-state index contributed by atoms with van der Waals surface area (Å²) in [6, 6.07) is 6.74. The van der Waals surface area contributed by atoms with Crippen LogP contribution in [0.25, 0.3) is 0 Å². The molecule has 0 saturated carbocycles. The highest BCUT2D eigenvalue weighted by Crippen LogP contribution is 2.29. The zero-order chi connectivity index (χ0) is 14.7. The van der Waals surface area contributed by atoms with E-state index in [2.05, 4.69) is 49.2 Å². The molecule has 3 nitrogen and oxygen atoms in total. The predicted molar refractivity (Wildman–Crippen MR) is 84.3 cm³/mol. The molecular weight excluding hydrogens is 248 g/mol. The highest BCUT2D eigenvalue weighted by Gasteiger charge is 2.28. The normalized spacial score (nSPS) is 24.9. The van der Waals surface area contributed by atoms with Crippen molar-refractivity contribution in [2.75, 3.05) is 33.8 Å². The van der Waals surface area contributed by atoms with Gasteiger partial charge in [0.05, 0.1) is 7.11 Å². The Labute approximate surface area is 123 Å². The number of benzene rings is 1. The van der Waals surface area contributed by atoms with E-state index in [0.29, 0.717) is 6.04 Å². The highest BCUT2D eigenvalue weighted by atomic mass is 16.5. The largest absolute Gasteiger partial charge is 0.496 e. The second-order valence-corrected chi connectivity index (χ2v) is 6.26. The van der Waals surface area contributed by atoms with Gasteiger partial charge < -0.3 is 15.0 Å². The van der Waals surface area contributed by atoms with Gasteiger partial charge in [0.2, 0.25) is 0 Å². The van der Waals surface area contributed by atoms with Crippen LogP contribution >= 0.6 is 0 Å². The number of nitrogens with zero attached hydrogens (tertiary/aromatic N) is 1. The monoisotopic (exact) mass is 276 g/mol. The minimum absolute atomic E-state index is 0.322. The predicted octanol–water partition coefficient (Wildman–Crippen LogP) is 2.85. The molecule has 0 aromatic heterocycles. The Morgan fingerprint density at radius 1 is 1.30 bits per heavy atom. The number of hydrogen-bond acceptors (Lipinski definition) is 3. The van der Waals surface area contributed by atoms with E-state index in [1.807, 2.05) is 7.05 Å². The van der Waals surface area contributed by atoms with Gasteiger partial charge in [-0.3, -0.25) is 0 Å². The van der Waals surface area contributed by atoms with E-state index >= 15 is 0 Å². The molecule has 20 heavy (non-hydrogen) atoms. The van der Waals surface area contributed by atoms with Gasteiger partial charge in [-0.1, -0.05) is 31.5 Å². The number of rotatable bonds is 5. The molecule has 1 heterocycles. The number of likely N-dealkylation sites (tertiary alicyclic amines) is 1. The van der Waals surface area contributed by atoms with Gasteiger partial charge in [0.1, 0.15) is 5.75 Å². The van der Waals surface area contributed by atoms with Crippen molar-refractivity contribution in [2.45, 2.75) is 26.8 Å². The molecule has 2 rings (SSSR count). The molecule has 0 bridgehead atoms. The van der Waals surface area contributed by atoms with Gasteiger partial charge in [0.15, 0.2) is 0 Å². The summed E-state index contributed by atoms with van der Waals surface area (Å²) in [6.07, 6.45) is 0. The van der Waals surface area contributed by atoms with Crippen LogP contribution in [0, 0.1) is 18.8 Å². The number of nitrogens with one attached hydrogen (secondary N) is 1. The molecule has 1 aromatic rings. The van der Waals surface area contributed by atoms with Crippen LogP contribution in [0.3, 0.4) is 0 Å². The molecule has 0 radical (unpaired) electrons. The second kappa shape index (κ2) is 6.59. The van der Waals surface area contributed by atoms with Crippen LogP contribution in [-0.4, -0.2) is 38.7 Å². The average Bonchev–Trinajstić information content (AvgIpc) is 2.75. The molecule has 0 amide bonds. The van der Waals surface area contributed by atoms with Crippen molar-refractivity contribution in [3.63, 3.8) is 0 Å². The second-order valence-electron chi connectivity index (χ2n) is 6.26. The van der Waals surface area contributed by atoms with Crippen molar-refractivity contribution in [3.05, 3.63) is 29.3 Å². The summed E-state index contributed by atoms with van der Waals surface area (Å²) in [6.45, 7) is 10.3. The Morgan fingerprint density at radius 3 is 2.50 bits per heavy atom. The van der Waals surface area contributed by atoms with Crippen LogP contribution in [0.5, 0.6) is 5.75 Å². The lowest BCUT2D eigenvalue weighted by atomic mass is 10.0. The summed E-state index contributed by atoms with van der Waals surface area (Å²) in [5.74, 6) is 2.58. The van der Waals surface area contributed by atoms with Gasteiger partial charge in [0, 0.05) is 31.2 Å². The summed E-state index contributed by atoms with van der Waals surface area (Å²) in [5, 5.41) is 3.46. The Kier molecular flexibility index (Phi) is 5.06. The topological polar surface area (TPSA) is 24.5 Å². The van der Waals surface area contributed by atoms with E-state index in [-0.39, 0.29) is 0 Å². The number of ether oxygens (including phenoxy) is 1. The third-order valence-corrected chi connectivity index (χ3v) is 4.61. The molecule has 112 valence electrons. The lowest BCUT2D eigenvalue weighted by molar-refractivity contribution is 0.283. The van der Waals surface area contributed by atoms with Crippen molar-refractivity contribution in [1.82, 2.24) is 10.2 Å². The smallest absolute Gasteiger partial charge is 0.123 e. The van der Waals surface area contributed by atoms with E-state index in [1.54, 1.807) is 7.11 Å². The maximum absolute atomic E-state index is 5.53. The minimum atomic E-state index is 0.322. The third-order valence-electron chi connectivity index (χ3n) is 4.61. The van der Waals surface area contributed by atoms with E-state index in [1.165, 1.54) is 24.2 Å². The first-order valence-electron chi connectivity index (χ1n) is 7.59. The zero-order valence-corrected chi connectivity index (χ0v) is 13.4. The van der Waals surface area contributed by atoms with E-state index in [4.69, 9.17) is 4.74 Å². The number of hydrogen-bond donors (Lipinski definition) is 1. The molecule has 1 saturated heterocycles. The lowest BCUT2D eigenvalue weighted by Gasteiger charge is -2.25. The summed E-state index contributed by atoms with van der Waals surface area (Å²) in [5.41, 5.74) is 2.55. The number of methoxy groups -OCH3 is 1. The summed E-state index contributed by atoms with van der Waals surface area (Å²) >= 11 is 0. The molecular formula is C17H28N2O. The summed E-state index contributed by atoms with van der Waals surface area (Å²) < 4.78 is 5.53. The van der Waals surface area contributed by atoms with Gasteiger partial charge in [-0.15, -0.1) is 0 Å². The molecule has 1 N–H and O–H groups in total. The third kappa shape index (κ3) is 3.33. The van der Waals surface area contributed by atoms with Crippen molar-refractivity contribution in [1.29, 1.82) is 0 Å². The summed E-state index contributed by atoms with van der Waals surface area (Å²) in [7, 11) is 3.79. The van der Waals surface area contributed by atoms with Gasteiger partial charge in [-0.25, -0.2) is 0 Å². The molecule has 0 aliphatic carbocycles. The molecule has 0 spiro atoms. The van der Waals surface area contributed by atoms with Crippen molar-refractivity contribution in [2.24, 2.45) is 11.8 Å². The molecule has 3 unspecified atom stereocenters. The Balaban J connectivity index is 2.14. The van der Waals surface area contributed by atoms with Gasteiger partial charge in [0.25, 0.3) is 0 Å². The van der Waals surface area contributed by atoms with Gasteiger partial charge >= 0.3 is 0 Å². The Bertz CT molecular complexity index is 437. The first kappa shape index (κ1) is 15.3. The molecule has 1 aromatic carbocycles. The number of aryl methyl sites for hydroxylation is 1. The maximum Gasteiger partial charge on any atom is 0.123 e. The first-order valence-corrected chi connectivity index (χ1v) is 7.59. The van der Waals surface area contributed by atoms with E-state index in [0.717, 1.165) is 24.1 Å². The SMILES string of the molecule is CNC(CN1CC(C)C(C)C1)c1cc(C)ccc1OC. The van der Waals surface area contributed by atoms with Crippen molar-refractivity contribution >= 4 is 0 Å². The summed E-state index contributed by atoms with van der Waals surface area (Å²) in [4.78, 5) is 2.57. The van der Waals surface area contributed by atoms with Crippen LogP contribution in [-0.2, 0) is 0 Å². The molecule has 3 atom stereocenters. The van der Waals surface area contributed by atoms with Crippen LogP contribution < -0.4 is 10.1 Å². The van der Waals surface area contributed by atoms with E-state index < -0.39 is 0 Å². The highest BCUT2D eigenvalue weighted by molar-refractivity contribution is 5.39. The maximum atomic E-state index is 5.53. The standard InChI is InChI=1S/C17H28N2O/c1-12-6-7-17(20-5)15(8-12)16(18-4)11-19-9-13(2)14(3)10-19/h6-8,13-14,16,18H,9-11H2,1-5H3. The lowest BCUT2D eigenvalue weighted by Crippen LogP contribution is -2.33. The van der Waals surface area contributed by atoms with Crippen LogP contribution in [0.15, 0.2) is 18.2 Å². The number of likely N-dealkylation sites (N-methyl/N-ethyl adjacent to an activating group) is 1. The molecule has 3 heteroatoms.